The lowest BCUT2D eigenvalue weighted by Gasteiger charge is -2.21. The van der Waals surface area contributed by atoms with E-state index in [2.05, 4.69) is 21.2 Å². The van der Waals surface area contributed by atoms with Gasteiger partial charge in [0.15, 0.2) is 0 Å². The second-order valence-electron chi connectivity index (χ2n) is 3.38. The van der Waals surface area contributed by atoms with Crippen molar-refractivity contribution in [1.29, 1.82) is 0 Å². The molecule has 96 valence electrons. The maximum atomic E-state index is 12.7. The first-order valence-corrected chi connectivity index (χ1v) is 5.85. The molecule has 1 aromatic rings. The molecule has 1 rings (SSSR count). The van der Waals surface area contributed by atoms with Crippen molar-refractivity contribution >= 4 is 15.9 Å². The maximum Gasteiger partial charge on any atom is 0.407 e. The molecule has 0 heterocycles. The molecular formula is C11H13BrF3NO. The summed E-state index contributed by atoms with van der Waals surface area (Å²) in [5.41, 5.74) is 0.142. The van der Waals surface area contributed by atoms with E-state index in [9.17, 15) is 13.2 Å². The summed E-state index contributed by atoms with van der Waals surface area (Å²) < 4.78 is 43.7. The third-order valence-corrected chi connectivity index (χ3v) is 2.90. The quantitative estimate of drug-likeness (QED) is 0.916. The minimum atomic E-state index is -4.33. The Hall–Kier alpha value is -0.750. The lowest BCUT2D eigenvalue weighted by Crippen LogP contribution is -2.31. The number of ether oxygens (including phenoxy) is 1. The summed E-state index contributed by atoms with van der Waals surface area (Å²) >= 11 is 3.13. The van der Waals surface area contributed by atoms with Crippen LogP contribution in [0.2, 0.25) is 0 Å². The van der Waals surface area contributed by atoms with Crippen molar-refractivity contribution in [1.82, 2.24) is 5.32 Å². The molecule has 1 N–H and O–H groups in total. The second-order valence-corrected chi connectivity index (χ2v) is 4.23. The highest BCUT2D eigenvalue weighted by atomic mass is 79.9. The van der Waals surface area contributed by atoms with Crippen LogP contribution in [0.5, 0.6) is 5.75 Å². The highest BCUT2D eigenvalue weighted by Gasteiger charge is 2.40. The summed E-state index contributed by atoms with van der Waals surface area (Å²) in [6.45, 7) is 2.29. The van der Waals surface area contributed by atoms with Crippen LogP contribution in [0.25, 0.3) is 0 Å². The first-order chi connectivity index (χ1) is 7.90. The Morgan fingerprint density at radius 1 is 1.41 bits per heavy atom. The zero-order valence-corrected chi connectivity index (χ0v) is 11.0. The van der Waals surface area contributed by atoms with Crippen molar-refractivity contribution < 1.29 is 17.9 Å². The zero-order valence-electron chi connectivity index (χ0n) is 9.44. The Bertz CT molecular complexity index is 381. The molecule has 1 atom stereocenters. The van der Waals surface area contributed by atoms with Gasteiger partial charge in [0.1, 0.15) is 11.8 Å². The number of rotatable bonds is 4. The Morgan fingerprint density at radius 2 is 2.06 bits per heavy atom. The third kappa shape index (κ3) is 3.61. The highest BCUT2D eigenvalue weighted by molar-refractivity contribution is 9.10. The largest absolute Gasteiger partial charge is 0.494 e. The summed E-state index contributed by atoms with van der Waals surface area (Å²) in [5, 5.41) is 2.25. The van der Waals surface area contributed by atoms with Gasteiger partial charge in [-0.3, -0.25) is 0 Å². The van der Waals surface area contributed by atoms with E-state index in [0.717, 1.165) is 0 Å². The van der Waals surface area contributed by atoms with Crippen LogP contribution in [0.15, 0.2) is 22.7 Å². The maximum absolute atomic E-state index is 12.7. The van der Waals surface area contributed by atoms with Crippen LogP contribution < -0.4 is 10.1 Å². The normalized spacial score (nSPS) is 13.5. The van der Waals surface area contributed by atoms with Crippen molar-refractivity contribution in [3.05, 3.63) is 28.2 Å². The van der Waals surface area contributed by atoms with Crippen molar-refractivity contribution in [3.63, 3.8) is 0 Å². The lowest BCUT2D eigenvalue weighted by molar-refractivity contribution is -0.156. The van der Waals surface area contributed by atoms with Gasteiger partial charge >= 0.3 is 6.18 Å². The number of benzene rings is 1. The molecule has 0 saturated heterocycles. The van der Waals surface area contributed by atoms with Crippen LogP contribution in [0, 0.1) is 0 Å². The van der Waals surface area contributed by atoms with Crippen LogP contribution in [-0.4, -0.2) is 19.8 Å². The molecule has 0 spiro atoms. The molecule has 0 amide bonds. The molecule has 6 heteroatoms. The molecule has 0 aliphatic heterocycles. The Balaban J connectivity index is 3.05. The van der Waals surface area contributed by atoms with Gasteiger partial charge in [0.05, 0.1) is 6.61 Å². The zero-order chi connectivity index (χ0) is 13.1. The van der Waals surface area contributed by atoms with E-state index in [4.69, 9.17) is 4.74 Å². The van der Waals surface area contributed by atoms with Gasteiger partial charge < -0.3 is 10.1 Å². The van der Waals surface area contributed by atoms with Crippen LogP contribution >= 0.6 is 15.9 Å². The standard InChI is InChI=1S/C11H13BrF3NO/c1-3-17-7-4-5-8(9(12)6-7)10(16-2)11(13,14)15/h4-6,10,16H,3H2,1-2H3. The topological polar surface area (TPSA) is 21.3 Å². The van der Waals surface area contributed by atoms with E-state index in [1.54, 1.807) is 0 Å². The van der Waals surface area contributed by atoms with Gasteiger partial charge in [0.2, 0.25) is 0 Å². The lowest BCUT2D eigenvalue weighted by atomic mass is 10.1. The average molecular weight is 312 g/mol. The highest BCUT2D eigenvalue weighted by Crippen LogP contribution is 2.37. The Morgan fingerprint density at radius 3 is 2.47 bits per heavy atom. The number of hydrogen-bond donors (Lipinski definition) is 1. The van der Waals surface area contributed by atoms with Gasteiger partial charge in [0, 0.05) is 4.47 Å². The van der Waals surface area contributed by atoms with Gasteiger partial charge in [-0.15, -0.1) is 0 Å². The second kappa shape index (κ2) is 5.73. The fourth-order valence-corrected chi connectivity index (χ4v) is 2.08. The van der Waals surface area contributed by atoms with Crippen molar-refractivity contribution in [3.8, 4) is 5.75 Å². The van der Waals surface area contributed by atoms with Gasteiger partial charge in [-0.2, -0.15) is 13.2 Å². The fraction of sp³-hybridized carbons (Fsp3) is 0.455. The third-order valence-electron chi connectivity index (χ3n) is 2.21. The molecular weight excluding hydrogens is 299 g/mol. The predicted molar refractivity (Wildman–Crippen MR) is 63.2 cm³/mol. The average Bonchev–Trinajstić information content (AvgIpc) is 2.21. The van der Waals surface area contributed by atoms with Crippen LogP contribution in [-0.2, 0) is 0 Å². The Labute approximate surface area is 106 Å². The summed E-state index contributed by atoms with van der Waals surface area (Å²) in [6, 6.07) is 2.78. The van der Waals surface area contributed by atoms with Crippen LogP contribution in [0.1, 0.15) is 18.5 Å². The van der Waals surface area contributed by atoms with Crippen LogP contribution in [0.3, 0.4) is 0 Å². The van der Waals surface area contributed by atoms with Gasteiger partial charge in [0.25, 0.3) is 0 Å². The fourth-order valence-electron chi connectivity index (χ4n) is 1.49. The molecule has 0 aromatic heterocycles. The first-order valence-electron chi connectivity index (χ1n) is 5.06. The van der Waals surface area contributed by atoms with Gasteiger partial charge in [-0.25, -0.2) is 0 Å². The minimum absolute atomic E-state index is 0.142. The SMILES string of the molecule is CCOc1ccc(C(NC)C(F)(F)F)c(Br)c1. The summed E-state index contributed by atoms with van der Waals surface area (Å²) in [7, 11) is 1.28. The Kier molecular flexibility index (Phi) is 4.82. The molecule has 0 bridgehead atoms. The van der Waals surface area contributed by atoms with Gasteiger partial charge in [-0.05, 0) is 31.7 Å². The smallest absolute Gasteiger partial charge is 0.407 e. The number of alkyl halides is 3. The van der Waals surface area contributed by atoms with E-state index in [-0.39, 0.29) is 5.56 Å². The summed E-state index contributed by atoms with van der Waals surface area (Å²) in [5.74, 6) is 0.542. The predicted octanol–water partition coefficient (Wildman–Crippen LogP) is 3.67. The van der Waals surface area contributed by atoms with E-state index in [1.165, 1.54) is 25.2 Å². The molecule has 1 aromatic carbocycles. The van der Waals surface area contributed by atoms with E-state index >= 15 is 0 Å². The monoisotopic (exact) mass is 311 g/mol. The van der Waals surface area contributed by atoms with Gasteiger partial charge in [-0.1, -0.05) is 22.0 Å². The molecule has 0 aliphatic carbocycles. The van der Waals surface area contributed by atoms with E-state index in [1.807, 2.05) is 6.92 Å². The molecule has 0 aliphatic rings. The van der Waals surface area contributed by atoms with E-state index < -0.39 is 12.2 Å². The number of hydrogen-bond acceptors (Lipinski definition) is 2. The minimum Gasteiger partial charge on any atom is -0.494 e. The molecule has 2 nitrogen and oxygen atoms in total. The van der Waals surface area contributed by atoms with Crippen molar-refractivity contribution in [2.75, 3.05) is 13.7 Å². The summed E-state index contributed by atoms with van der Waals surface area (Å²) in [4.78, 5) is 0. The molecule has 17 heavy (non-hydrogen) atoms. The first kappa shape index (κ1) is 14.3. The molecule has 1 unspecified atom stereocenters. The molecule has 0 radical (unpaired) electrons. The molecule has 0 fully saturated rings. The summed E-state index contributed by atoms with van der Waals surface area (Å²) in [6.07, 6.45) is -4.33. The van der Waals surface area contributed by atoms with E-state index in [0.29, 0.717) is 16.8 Å². The van der Waals surface area contributed by atoms with Crippen molar-refractivity contribution in [2.45, 2.75) is 19.1 Å². The van der Waals surface area contributed by atoms with Crippen molar-refractivity contribution in [2.24, 2.45) is 0 Å². The molecule has 0 saturated carbocycles. The van der Waals surface area contributed by atoms with Crippen LogP contribution in [0.4, 0.5) is 13.2 Å². The number of halogens is 4. The number of nitrogens with one attached hydrogen (secondary N) is 1.